The lowest BCUT2D eigenvalue weighted by molar-refractivity contribution is 0.580. The van der Waals surface area contributed by atoms with Gasteiger partial charge in [-0.1, -0.05) is 47.5 Å². The van der Waals surface area contributed by atoms with Gasteiger partial charge >= 0.3 is 0 Å². The monoisotopic (exact) mass is 372 g/mol. The number of hydrogen-bond acceptors (Lipinski definition) is 3. The molecule has 0 aliphatic rings. The van der Waals surface area contributed by atoms with E-state index >= 15 is 0 Å². The zero-order valence-corrected chi connectivity index (χ0v) is 15.0. The van der Waals surface area contributed by atoms with E-state index in [2.05, 4.69) is 4.72 Å². The molecule has 2 rings (SSSR count). The summed E-state index contributed by atoms with van der Waals surface area (Å²) in [6.45, 7) is 0.885. The van der Waals surface area contributed by atoms with Crippen molar-refractivity contribution >= 4 is 38.9 Å². The van der Waals surface area contributed by atoms with E-state index in [1.165, 1.54) is 6.07 Å². The third-order valence-corrected chi connectivity index (χ3v) is 5.25. The van der Waals surface area contributed by atoms with Crippen LogP contribution in [0.4, 0.5) is 5.69 Å². The van der Waals surface area contributed by atoms with E-state index in [9.17, 15) is 8.42 Å². The van der Waals surface area contributed by atoms with Gasteiger partial charge in [0.15, 0.2) is 0 Å². The van der Waals surface area contributed by atoms with Crippen LogP contribution in [0, 0.1) is 0 Å². The number of likely N-dealkylation sites (N-methyl/N-ethyl adjacent to an activating group) is 1. The lowest BCUT2D eigenvalue weighted by Crippen LogP contribution is -2.33. The number of nitrogens with zero attached hydrogens (tertiary/aromatic N) is 1. The van der Waals surface area contributed by atoms with Crippen LogP contribution in [0.3, 0.4) is 0 Å². The third kappa shape index (κ3) is 5.70. The Morgan fingerprint density at radius 3 is 2.43 bits per heavy atom. The van der Waals surface area contributed by atoms with Gasteiger partial charge in [0.1, 0.15) is 0 Å². The fourth-order valence-corrected chi connectivity index (χ4v) is 3.79. The molecule has 2 aromatic rings. The normalized spacial score (nSPS) is 11.4. The fourth-order valence-electron chi connectivity index (χ4n) is 2.07. The first-order valence-corrected chi connectivity index (χ1v) is 9.46. The van der Waals surface area contributed by atoms with Crippen molar-refractivity contribution in [3.63, 3.8) is 0 Å². The number of halogens is 2. The summed E-state index contributed by atoms with van der Waals surface area (Å²) >= 11 is 11.8. The molecule has 23 heavy (non-hydrogen) atoms. The van der Waals surface area contributed by atoms with Gasteiger partial charge in [-0.2, -0.15) is 0 Å². The molecule has 0 fully saturated rings. The van der Waals surface area contributed by atoms with Crippen LogP contribution in [0.25, 0.3) is 0 Å². The van der Waals surface area contributed by atoms with E-state index in [1.54, 1.807) is 12.1 Å². The minimum absolute atomic E-state index is 0.169. The summed E-state index contributed by atoms with van der Waals surface area (Å²) in [5.74, 6) is -0.169. The van der Waals surface area contributed by atoms with E-state index < -0.39 is 10.0 Å². The van der Waals surface area contributed by atoms with Gasteiger partial charge in [-0.05, 0) is 29.8 Å². The zero-order valence-electron chi connectivity index (χ0n) is 12.7. The molecular weight excluding hydrogens is 355 g/mol. The Balaban J connectivity index is 1.89. The molecule has 0 radical (unpaired) electrons. The number of nitrogens with one attached hydrogen (secondary N) is 1. The summed E-state index contributed by atoms with van der Waals surface area (Å²) in [4.78, 5) is 1.98. The summed E-state index contributed by atoms with van der Waals surface area (Å²) in [7, 11) is -1.54. The Bertz CT molecular complexity index is 752. The molecule has 2 aromatic carbocycles. The Hall–Kier alpha value is -1.27. The van der Waals surface area contributed by atoms with Gasteiger partial charge < -0.3 is 4.90 Å². The molecular formula is C16H18Cl2N2O2S. The van der Waals surface area contributed by atoms with E-state index in [4.69, 9.17) is 23.2 Å². The highest BCUT2D eigenvalue weighted by molar-refractivity contribution is 7.88. The molecule has 0 aliphatic carbocycles. The number of rotatable bonds is 7. The molecule has 0 saturated carbocycles. The molecule has 0 bridgehead atoms. The highest BCUT2D eigenvalue weighted by atomic mass is 35.5. The van der Waals surface area contributed by atoms with Gasteiger partial charge in [0.05, 0.1) is 5.75 Å². The average Bonchev–Trinajstić information content (AvgIpc) is 2.50. The van der Waals surface area contributed by atoms with Crippen molar-refractivity contribution in [3.8, 4) is 0 Å². The minimum Gasteiger partial charge on any atom is -0.373 e. The Kier molecular flexibility index (Phi) is 6.30. The number of anilines is 1. The van der Waals surface area contributed by atoms with Crippen molar-refractivity contribution in [1.82, 2.24) is 4.72 Å². The summed E-state index contributed by atoms with van der Waals surface area (Å²) in [6, 6.07) is 14.6. The predicted molar refractivity (Wildman–Crippen MR) is 96.8 cm³/mol. The van der Waals surface area contributed by atoms with Crippen LogP contribution in [-0.2, 0) is 15.8 Å². The highest BCUT2D eigenvalue weighted by Gasteiger charge is 2.14. The van der Waals surface area contributed by atoms with Gasteiger partial charge in [-0.25, -0.2) is 13.1 Å². The van der Waals surface area contributed by atoms with Crippen molar-refractivity contribution in [2.45, 2.75) is 5.75 Å². The maximum atomic E-state index is 12.1. The van der Waals surface area contributed by atoms with Crippen molar-refractivity contribution in [1.29, 1.82) is 0 Å². The van der Waals surface area contributed by atoms with Crippen LogP contribution in [0.2, 0.25) is 10.0 Å². The molecule has 4 nitrogen and oxygen atoms in total. The minimum atomic E-state index is -3.45. The molecule has 1 N–H and O–H groups in total. The molecule has 0 amide bonds. The molecule has 0 aromatic heterocycles. The molecule has 0 spiro atoms. The average molecular weight is 373 g/mol. The predicted octanol–water partition coefficient (Wildman–Crippen LogP) is 3.55. The summed E-state index contributed by atoms with van der Waals surface area (Å²) in [5, 5.41) is 0.831. The van der Waals surface area contributed by atoms with E-state index in [1.807, 2.05) is 42.3 Å². The summed E-state index contributed by atoms with van der Waals surface area (Å²) in [6.07, 6.45) is 0. The molecule has 0 atom stereocenters. The molecule has 0 unspecified atom stereocenters. The number of sulfonamides is 1. The second-order valence-electron chi connectivity index (χ2n) is 5.15. The van der Waals surface area contributed by atoms with Crippen molar-refractivity contribution < 1.29 is 8.42 Å². The summed E-state index contributed by atoms with van der Waals surface area (Å²) < 4.78 is 26.9. The smallest absolute Gasteiger partial charge is 0.215 e. The zero-order chi connectivity index (χ0) is 16.9. The molecule has 0 aliphatic heterocycles. The summed E-state index contributed by atoms with van der Waals surface area (Å²) in [5.41, 5.74) is 1.56. The fraction of sp³-hybridized carbons (Fsp3) is 0.250. The maximum absolute atomic E-state index is 12.1. The quantitative estimate of drug-likeness (QED) is 0.808. The topological polar surface area (TPSA) is 49.4 Å². The van der Waals surface area contributed by atoms with Gasteiger partial charge in [-0.3, -0.25) is 0 Å². The molecule has 7 heteroatoms. The number of para-hydroxylation sites is 1. The first kappa shape index (κ1) is 18.1. The van der Waals surface area contributed by atoms with Gasteiger partial charge in [0.2, 0.25) is 10.0 Å². The number of hydrogen-bond donors (Lipinski definition) is 1. The Morgan fingerprint density at radius 2 is 1.78 bits per heavy atom. The lowest BCUT2D eigenvalue weighted by atomic mass is 10.2. The van der Waals surface area contributed by atoms with Crippen LogP contribution in [0.15, 0.2) is 48.5 Å². The lowest BCUT2D eigenvalue weighted by Gasteiger charge is -2.19. The molecule has 124 valence electrons. The van der Waals surface area contributed by atoms with E-state index in [-0.39, 0.29) is 5.75 Å². The van der Waals surface area contributed by atoms with Crippen molar-refractivity contribution in [3.05, 3.63) is 64.1 Å². The van der Waals surface area contributed by atoms with Crippen LogP contribution in [-0.4, -0.2) is 28.6 Å². The van der Waals surface area contributed by atoms with Gasteiger partial charge in [0.25, 0.3) is 0 Å². The third-order valence-electron chi connectivity index (χ3n) is 3.33. The Labute approximate surface area is 147 Å². The molecule has 0 heterocycles. The highest BCUT2D eigenvalue weighted by Crippen LogP contribution is 2.22. The standard InChI is InChI=1S/C16H18Cl2N2O2S/c1-20(15-5-3-2-4-6-15)10-9-19-23(21,22)12-13-7-8-14(17)11-16(13)18/h2-8,11,19H,9-10,12H2,1H3. The number of benzene rings is 2. The maximum Gasteiger partial charge on any atom is 0.215 e. The van der Waals surface area contributed by atoms with Crippen LogP contribution >= 0.6 is 23.2 Å². The van der Waals surface area contributed by atoms with E-state index in [0.29, 0.717) is 28.7 Å². The Morgan fingerprint density at radius 1 is 1.09 bits per heavy atom. The van der Waals surface area contributed by atoms with Crippen LogP contribution in [0.1, 0.15) is 5.56 Å². The van der Waals surface area contributed by atoms with Crippen molar-refractivity contribution in [2.75, 3.05) is 25.0 Å². The second-order valence-corrected chi connectivity index (χ2v) is 7.80. The first-order valence-electron chi connectivity index (χ1n) is 7.05. The van der Waals surface area contributed by atoms with Crippen LogP contribution < -0.4 is 9.62 Å². The molecule has 0 saturated heterocycles. The SMILES string of the molecule is CN(CCNS(=O)(=O)Cc1ccc(Cl)cc1Cl)c1ccccc1. The van der Waals surface area contributed by atoms with Crippen molar-refractivity contribution in [2.24, 2.45) is 0 Å². The first-order chi connectivity index (χ1) is 10.9. The van der Waals surface area contributed by atoms with E-state index in [0.717, 1.165) is 5.69 Å². The largest absolute Gasteiger partial charge is 0.373 e. The second kappa shape index (κ2) is 8.02. The van der Waals surface area contributed by atoms with Gasteiger partial charge in [-0.15, -0.1) is 0 Å². The van der Waals surface area contributed by atoms with Gasteiger partial charge in [0, 0.05) is 35.9 Å². The van der Waals surface area contributed by atoms with Crippen LogP contribution in [0.5, 0.6) is 0 Å².